The van der Waals surface area contributed by atoms with Gasteiger partial charge in [0.2, 0.25) is 0 Å². The Morgan fingerprint density at radius 3 is 1.12 bits per heavy atom. The van der Waals surface area contributed by atoms with Crippen molar-refractivity contribution in [2.45, 2.75) is 62.3 Å². The molecule has 5 nitrogen and oxygen atoms in total. The lowest BCUT2D eigenvalue weighted by atomic mass is 10.0. The summed E-state index contributed by atoms with van der Waals surface area (Å²) in [6, 6.07) is 142. The Balaban J connectivity index is 0.0000000928. The minimum Gasteiger partial charge on any atom is -0.456 e. The first-order valence-corrected chi connectivity index (χ1v) is 47.9. The summed E-state index contributed by atoms with van der Waals surface area (Å²) in [5, 5.41) is 23.2. The van der Waals surface area contributed by atoms with Crippen LogP contribution in [0.4, 0.5) is 0 Å². The summed E-state index contributed by atoms with van der Waals surface area (Å²) >= 11 is 7.51. The van der Waals surface area contributed by atoms with Gasteiger partial charge in [0.1, 0.15) is 55.8 Å². The quantitative estimate of drug-likeness (QED) is 0.164. The van der Waals surface area contributed by atoms with Crippen LogP contribution < -0.4 is 0 Å². The topological polar surface area (TPSA) is 65.7 Å². The molecule has 0 saturated carbocycles. The number of hydrogen-bond donors (Lipinski definition) is 0. The van der Waals surface area contributed by atoms with Crippen molar-refractivity contribution < 1.29 is 22.1 Å². The molecular weight excluding hydrogens is 1690 g/mol. The maximum atomic E-state index is 5.86. The van der Waals surface area contributed by atoms with Crippen LogP contribution in [-0.4, -0.2) is 0 Å². The van der Waals surface area contributed by atoms with Crippen molar-refractivity contribution in [1.29, 1.82) is 0 Å². The van der Waals surface area contributed by atoms with E-state index in [1.165, 1.54) is 196 Å². The van der Waals surface area contributed by atoms with Crippen LogP contribution >= 0.6 is 45.3 Å². The van der Waals surface area contributed by atoms with Crippen molar-refractivity contribution in [3.8, 4) is 11.1 Å². The average Bonchev–Trinajstić information content (AvgIpc) is 1.55. The van der Waals surface area contributed by atoms with Gasteiger partial charge in [-0.1, -0.05) is 308 Å². The van der Waals surface area contributed by atoms with Crippen LogP contribution in [0.2, 0.25) is 0 Å². The normalized spacial score (nSPS) is 11.2. The van der Waals surface area contributed by atoms with Crippen molar-refractivity contribution in [3.63, 3.8) is 0 Å². The van der Waals surface area contributed by atoms with Gasteiger partial charge in [-0.05, 0) is 222 Å². The SMILES string of the molecule is Cc1ccc(-c2ccc3oc4ccccc4c3c2)cc1.Cc1ccc2c(c1)oc1ccccc12.Cc1ccc2c(c1)sc1ccccc12.Cc1ccc2oc3ccccc3c2c1.Cc1ccc2sc3ccccc3c2c1.Cc1cccc2c1oc1ccccc12.Cc1cccc2c1sc1ccccc12.Cc1cccc2oc3ccccc3c12.Cc1cccc2sc3ccccc3c12. The molecular formula is C123H94O5S4. The molecule has 28 rings (SSSR count). The van der Waals surface area contributed by atoms with E-state index < -0.39 is 0 Å². The lowest BCUT2D eigenvalue weighted by Crippen LogP contribution is -1.78. The predicted molar refractivity (Wildman–Crippen MR) is 574 cm³/mol. The van der Waals surface area contributed by atoms with Crippen molar-refractivity contribution in [2.75, 3.05) is 0 Å². The second-order valence-electron chi connectivity index (χ2n) is 33.8. The Bertz CT molecular complexity index is 8560. The summed E-state index contributed by atoms with van der Waals surface area (Å²) in [5.41, 5.74) is 23.8. The molecule has 0 spiro atoms. The third kappa shape index (κ3) is 17.7. The van der Waals surface area contributed by atoms with Crippen molar-refractivity contribution in [3.05, 3.63) is 457 Å². The number of benzene rings is 19. The smallest absolute Gasteiger partial charge is 0.138 e. The Morgan fingerprint density at radius 2 is 0.485 bits per heavy atom. The third-order valence-corrected chi connectivity index (χ3v) is 29.1. The second kappa shape index (κ2) is 37.6. The third-order valence-electron chi connectivity index (χ3n) is 24.3. The molecule has 0 amide bonds. The number of aryl methyl sites for hydroxylation is 9. The monoisotopic (exact) mass is 1780 g/mol. The van der Waals surface area contributed by atoms with E-state index >= 15 is 0 Å². The zero-order chi connectivity index (χ0) is 89.9. The minimum absolute atomic E-state index is 0.946. The van der Waals surface area contributed by atoms with Gasteiger partial charge in [-0.25, -0.2) is 0 Å². The molecule has 0 aliphatic heterocycles. The molecule has 0 radical (unpaired) electrons. The van der Waals surface area contributed by atoms with E-state index in [-0.39, 0.29) is 0 Å². The molecule has 28 aromatic rings. The van der Waals surface area contributed by atoms with Crippen LogP contribution in [0.3, 0.4) is 0 Å². The van der Waals surface area contributed by atoms with E-state index in [1.54, 1.807) is 0 Å². The number of hydrogen-bond acceptors (Lipinski definition) is 9. The van der Waals surface area contributed by atoms with E-state index in [0.717, 1.165) is 55.8 Å². The molecule has 19 aromatic carbocycles. The van der Waals surface area contributed by atoms with Gasteiger partial charge in [-0.15, -0.1) is 45.3 Å². The van der Waals surface area contributed by atoms with Gasteiger partial charge in [-0.3, -0.25) is 0 Å². The summed E-state index contributed by atoms with van der Waals surface area (Å²) in [6.07, 6.45) is 0. The zero-order valence-electron chi connectivity index (χ0n) is 74.9. The molecule has 0 bridgehead atoms. The lowest BCUT2D eigenvalue weighted by Gasteiger charge is -2.02. The highest BCUT2D eigenvalue weighted by atomic mass is 32.1. The summed E-state index contributed by atoms with van der Waals surface area (Å²) in [5.74, 6) is 0. The molecule has 0 fully saturated rings. The number of fused-ring (bicyclic) bond motifs is 27. The zero-order valence-corrected chi connectivity index (χ0v) is 78.1. The van der Waals surface area contributed by atoms with E-state index in [0.29, 0.717) is 0 Å². The average molecular weight is 1780 g/mol. The molecule has 0 aliphatic carbocycles. The van der Waals surface area contributed by atoms with Crippen molar-refractivity contribution in [1.82, 2.24) is 0 Å². The van der Waals surface area contributed by atoms with Gasteiger partial charge in [-0.2, -0.15) is 0 Å². The van der Waals surface area contributed by atoms with E-state index in [2.05, 4.69) is 366 Å². The fraction of sp³-hybridized carbons (Fsp3) is 0.0732. The number of para-hydroxylation sites is 6. The van der Waals surface area contributed by atoms with Crippen LogP contribution in [0.25, 0.3) is 202 Å². The molecule has 0 atom stereocenters. The van der Waals surface area contributed by atoms with Crippen LogP contribution in [0.5, 0.6) is 0 Å². The second-order valence-corrected chi connectivity index (χ2v) is 38.1. The van der Waals surface area contributed by atoms with Crippen LogP contribution in [0.15, 0.2) is 429 Å². The van der Waals surface area contributed by atoms with E-state index in [9.17, 15) is 0 Å². The van der Waals surface area contributed by atoms with Crippen LogP contribution in [0, 0.1) is 62.3 Å². The number of furan rings is 5. The van der Waals surface area contributed by atoms with Gasteiger partial charge >= 0.3 is 0 Å². The molecule has 640 valence electrons. The maximum absolute atomic E-state index is 5.86. The molecule has 0 aliphatic rings. The molecule has 9 heteroatoms. The highest BCUT2D eigenvalue weighted by molar-refractivity contribution is 7.27. The van der Waals surface area contributed by atoms with Crippen molar-refractivity contribution >= 4 is 236 Å². The Hall–Kier alpha value is -14.9. The molecule has 0 unspecified atom stereocenters. The maximum Gasteiger partial charge on any atom is 0.138 e. The lowest BCUT2D eigenvalue weighted by molar-refractivity contribution is 0.665. The van der Waals surface area contributed by atoms with Gasteiger partial charge in [0, 0.05) is 135 Å². The van der Waals surface area contributed by atoms with Gasteiger partial charge in [0.05, 0.1) is 0 Å². The molecule has 9 heterocycles. The fourth-order valence-corrected chi connectivity index (χ4v) is 22.3. The first kappa shape index (κ1) is 85.2. The summed E-state index contributed by atoms with van der Waals surface area (Å²) < 4.78 is 40.0. The van der Waals surface area contributed by atoms with Crippen LogP contribution in [-0.2, 0) is 0 Å². The highest BCUT2D eigenvalue weighted by Gasteiger charge is 2.15. The predicted octanol–water partition coefficient (Wildman–Crippen LogP) is 38.6. The number of rotatable bonds is 1. The Morgan fingerprint density at radius 1 is 0.152 bits per heavy atom. The molecule has 0 N–H and O–H groups in total. The van der Waals surface area contributed by atoms with Gasteiger partial charge < -0.3 is 22.1 Å². The fourth-order valence-electron chi connectivity index (χ4n) is 17.7. The molecule has 132 heavy (non-hydrogen) atoms. The number of thiophene rings is 4. The summed E-state index contributed by atoms with van der Waals surface area (Å²) in [7, 11) is 0. The first-order chi connectivity index (χ1) is 64.6. The minimum atomic E-state index is 0.946. The van der Waals surface area contributed by atoms with Gasteiger partial charge in [0.15, 0.2) is 0 Å². The first-order valence-electron chi connectivity index (χ1n) is 44.6. The van der Waals surface area contributed by atoms with E-state index in [1.807, 2.05) is 148 Å². The van der Waals surface area contributed by atoms with Crippen molar-refractivity contribution in [2.24, 2.45) is 0 Å². The summed E-state index contributed by atoms with van der Waals surface area (Å²) in [6.45, 7) is 19.1. The van der Waals surface area contributed by atoms with Gasteiger partial charge in [0.25, 0.3) is 0 Å². The Labute approximate surface area is 781 Å². The Kier molecular flexibility index (Phi) is 24.3. The van der Waals surface area contributed by atoms with Crippen LogP contribution in [0.1, 0.15) is 50.1 Å². The van der Waals surface area contributed by atoms with E-state index in [4.69, 9.17) is 22.1 Å². The standard InChI is InChI=1S/C19H14O.4C13H10O.4C13H10S/c1-13-6-8-14(9-7-13)15-10-11-19-17(12-15)16-4-2-3-5-18(16)20-19;1-9-5-4-7-11-10-6-2-3-8-12(10)14-13(9)11;1-9-5-4-8-12-13(9)10-6-2-3-7-11(10)14-12;1-9-6-7-13-11(8-9)10-4-2-3-5-12(10)14-13;1-9-6-7-11-10-4-2-3-5-12(10)14-13(11)8-9;1-9-5-4-7-11-10-6-2-3-8-12(10)14-13(9)11;1-9-5-4-8-12-13(9)10-6-2-3-7-11(10)14-12;1-9-6-7-13-11(8-9)10-4-2-3-5-12(10)14-13;1-9-6-7-11-10-4-2-3-5-12(10)14-13(11)8-9/h2-12H,1H3;8*2-8H,1H3. The largest absolute Gasteiger partial charge is 0.456 e. The highest BCUT2D eigenvalue weighted by Crippen LogP contribution is 2.42. The molecule has 0 saturated heterocycles. The summed E-state index contributed by atoms with van der Waals surface area (Å²) in [4.78, 5) is 0. The molecule has 9 aromatic heterocycles.